The maximum atomic E-state index is 13.5. The summed E-state index contributed by atoms with van der Waals surface area (Å²) in [6, 6.07) is 16.5. The molecule has 0 saturated heterocycles. The van der Waals surface area contributed by atoms with Crippen LogP contribution in [0.5, 0.6) is 0 Å². The molecule has 7 nitrogen and oxygen atoms in total. The van der Waals surface area contributed by atoms with E-state index >= 15 is 0 Å². The Morgan fingerprint density at radius 3 is 2.47 bits per heavy atom. The van der Waals surface area contributed by atoms with Crippen LogP contribution in [0.4, 0.5) is 0 Å². The first-order valence-electron chi connectivity index (χ1n) is 13.4. The van der Waals surface area contributed by atoms with E-state index in [1.165, 1.54) is 32.1 Å². The standard InChI is InChI=1S/C29H36N6O/c1-3-21(2)27-20-34(18-17-22-9-5-4-6-10-22)29(36)35(27)19-23-13-15-24(16-14-23)25-11-7-8-12-26(25)28-30-32-33-31-28/h7-8,11-16,20-22H,3-6,9-10,17-19H2,1-2H3,(H,30,31,32,33). The molecule has 0 spiro atoms. The number of nitrogens with zero attached hydrogens (tertiary/aromatic N) is 5. The van der Waals surface area contributed by atoms with Gasteiger partial charge in [0, 0.05) is 24.0 Å². The molecule has 2 aromatic heterocycles. The van der Waals surface area contributed by atoms with Crippen molar-refractivity contribution in [3.05, 3.63) is 76.5 Å². The second-order valence-electron chi connectivity index (χ2n) is 10.2. The summed E-state index contributed by atoms with van der Waals surface area (Å²) in [6.45, 7) is 5.82. The second-order valence-corrected chi connectivity index (χ2v) is 10.2. The zero-order chi connectivity index (χ0) is 24.9. The zero-order valence-corrected chi connectivity index (χ0v) is 21.4. The molecular formula is C29H36N6O. The first-order chi connectivity index (χ1) is 17.6. The Labute approximate surface area is 212 Å². The first kappa shape index (κ1) is 24.2. The lowest BCUT2D eigenvalue weighted by Crippen LogP contribution is -2.26. The maximum absolute atomic E-state index is 13.5. The SMILES string of the molecule is CCC(C)c1cn(CCC2CCCCC2)c(=O)n1Cc1ccc(-c2ccccc2-c2nn[nH]n2)cc1. The molecule has 2 aromatic carbocycles. The summed E-state index contributed by atoms with van der Waals surface area (Å²) in [5.74, 6) is 1.69. The van der Waals surface area contributed by atoms with Crippen molar-refractivity contribution in [2.75, 3.05) is 0 Å². The zero-order valence-electron chi connectivity index (χ0n) is 21.4. The van der Waals surface area contributed by atoms with Gasteiger partial charge in [-0.25, -0.2) is 4.79 Å². The Kier molecular flexibility index (Phi) is 7.44. The topological polar surface area (TPSA) is 81.4 Å². The highest BCUT2D eigenvalue weighted by Crippen LogP contribution is 2.30. The van der Waals surface area contributed by atoms with Crippen LogP contribution < -0.4 is 5.69 Å². The fraction of sp³-hybridized carbons (Fsp3) is 0.448. The lowest BCUT2D eigenvalue weighted by Gasteiger charge is -2.21. The maximum Gasteiger partial charge on any atom is 0.328 e. The average Bonchev–Trinajstić information content (AvgIpc) is 3.57. The van der Waals surface area contributed by atoms with Crippen LogP contribution >= 0.6 is 0 Å². The third kappa shape index (κ3) is 5.20. The number of rotatable bonds is 9. The van der Waals surface area contributed by atoms with E-state index in [4.69, 9.17) is 0 Å². The molecule has 1 aliphatic carbocycles. The first-order valence-corrected chi connectivity index (χ1v) is 13.4. The lowest BCUT2D eigenvalue weighted by molar-refractivity contribution is 0.322. The van der Waals surface area contributed by atoms with Crippen LogP contribution in [-0.4, -0.2) is 29.8 Å². The summed E-state index contributed by atoms with van der Waals surface area (Å²) >= 11 is 0. The molecule has 5 rings (SSSR count). The summed E-state index contributed by atoms with van der Waals surface area (Å²) in [4.78, 5) is 13.5. The molecule has 1 N–H and O–H groups in total. The predicted molar refractivity (Wildman–Crippen MR) is 143 cm³/mol. The molecule has 0 aliphatic heterocycles. The van der Waals surface area contributed by atoms with Crippen molar-refractivity contribution in [3.8, 4) is 22.5 Å². The number of aryl methyl sites for hydroxylation is 1. The Hall–Kier alpha value is -3.48. The number of aromatic amines is 1. The summed E-state index contributed by atoms with van der Waals surface area (Å²) in [6.07, 6.45) is 10.9. The highest BCUT2D eigenvalue weighted by molar-refractivity contribution is 5.80. The molecule has 1 unspecified atom stereocenters. The molecular weight excluding hydrogens is 448 g/mol. The van der Waals surface area contributed by atoms with E-state index < -0.39 is 0 Å². The minimum atomic E-state index is 0.118. The number of hydrogen-bond donors (Lipinski definition) is 1. The number of aromatic nitrogens is 6. The number of hydrogen-bond acceptors (Lipinski definition) is 4. The van der Waals surface area contributed by atoms with Crippen molar-refractivity contribution >= 4 is 0 Å². The third-order valence-electron chi connectivity index (χ3n) is 7.82. The molecule has 1 aliphatic rings. The fourth-order valence-corrected chi connectivity index (χ4v) is 5.45. The van der Waals surface area contributed by atoms with Crippen molar-refractivity contribution in [1.29, 1.82) is 0 Å². The van der Waals surface area contributed by atoms with Crippen molar-refractivity contribution in [2.45, 2.75) is 77.8 Å². The van der Waals surface area contributed by atoms with Crippen molar-refractivity contribution in [2.24, 2.45) is 5.92 Å². The highest BCUT2D eigenvalue weighted by atomic mass is 16.1. The highest BCUT2D eigenvalue weighted by Gasteiger charge is 2.19. The average molecular weight is 485 g/mol. The number of imidazole rings is 1. The molecule has 1 atom stereocenters. The van der Waals surface area contributed by atoms with E-state index in [9.17, 15) is 4.79 Å². The van der Waals surface area contributed by atoms with E-state index in [-0.39, 0.29) is 5.69 Å². The number of tetrazole rings is 1. The normalized spacial score (nSPS) is 15.3. The smallest absolute Gasteiger partial charge is 0.299 e. The quantitative estimate of drug-likeness (QED) is 0.314. The minimum Gasteiger partial charge on any atom is -0.299 e. The number of H-pyrrole nitrogens is 1. The van der Waals surface area contributed by atoms with E-state index in [1.54, 1.807) is 0 Å². The Morgan fingerprint density at radius 2 is 1.78 bits per heavy atom. The van der Waals surface area contributed by atoms with Gasteiger partial charge in [0.1, 0.15) is 0 Å². The van der Waals surface area contributed by atoms with E-state index in [1.807, 2.05) is 27.3 Å². The van der Waals surface area contributed by atoms with Crippen LogP contribution in [0.25, 0.3) is 22.5 Å². The summed E-state index contributed by atoms with van der Waals surface area (Å²) in [7, 11) is 0. The molecule has 7 heteroatoms. The van der Waals surface area contributed by atoms with Gasteiger partial charge >= 0.3 is 5.69 Å². The van der Waals surface area contributed by atoms with Gasteiger partial charge in [0.2, 0.25) is 5.82 Å². The lowest BCUT2D eigenvalue weighted by atomic mass is 9.87. The van der Waals surface area contributed by atoms with Gasteiger partial charge in [0.25, 0.3) is 0 Å². The molecule has 1 fully saturated rings. The van der Waals surface area contributed by atoms with Crippen LogP contribution in [-0.2, 0) is 13.1 Å². The molecule has 0 bridgehead atoms. The van der Waals surface area contributed by atoms with Crippen molar-refractivity contribution in [1.82, 2.24) is 29.8 Å². The van der Waals surface area contributed by atoms with E-state index in [2.05, 4.69) is 71.0 Å². The molecule has 4 aromatic rings. The number of nitrogens with one attached hydrogen (secondary N) is 1. The summed E-state index contributed by atoms with van der Waals surface area (Å²) in [5, 5.41) is 14.5. The van der Waals surface area contributed by atoms with Crippen LogP contribution in [0.2, 0.25) is 0 Å². The van der Waals surface area contributed by atoms with Crippen LogP contribution in [0, 0.1) is 5.92 Å². The van der Waals surface area contributed by atoms with Gasteiger partial charge in [-0.1, -0.05) is 94.5 Å². The van der Waals surface area contributed by atoms with E-state index in [0.29, 0.717) is 18.3 Å². The minimum absolute atomic E-state index is 0.118. The number of benzene rings is 2. The van der Waals surface area contributed by atoms with Crippen LogP contribution in [0.3, 0.4) is 0 Å². The molecule has 2 heterocycles. The van der Waals surface area contributed by atoms with Crippen LogP contribution in [0.1, 0.15) is 76.0 Å². The van der Waals surface area contributed by atoms with Gasteiger partial charge in [-0.3, -0.25) is 9.13 Å². The Balaban J connectivity index is 1.37. The molecule has 1 saturated carbocycles. The van der Waals surface area contributed by atoms with Gasteiger partial charge in [0.15, 0.2) is 0 Å². The fourth-order valence-electron chi connectivity index (χ4n) is 5.45. The summed E-state index contributed by atoms with van der Waals surface area (Å²) in [5.41, 5.74) is 5.44. The predicted octanol–water partition coefficient (Wildman–Crippen LogP) is 6.03. The van der Waals surface area contributed by atoms with Gasteiger partial charge in [-0.15, -0.1) is 10.2 Å². The molecule has 0 amide bonds. The van der Waals surface area contributed by atoms with Gasteiger partial charge in [0.05, 0.1) is 6.54 Å². The third-order valence-corrected chi connectivity index (χ3v) is 7.82. The van der Waals surface area contributed by atoms with Gasteiger partial charge < -0.3 is 0 Å². The monoisotopic (exact) mass is 484 g/mol. The van der Waals surface area contributed by atoms with Crippen molar-refractivity contribution < 1.29 is 0 Å². The largest absolute Gasteiger partial charge is 0.328 e. The van der Waals surface area contributed by atoms with Gasteiger partial charge in [-0.05, 0) is 46.6 Å². The Bertz CT molecular complexity index is 1310. The molecule has 0 radical (unpaired) electrons. The Morgan fingerprint density at radius 1 is 1.03 bits per heavy atom. The van der Waals surface area contributed by atoms with E-state index in [0.717, 1.165) is 53.3 Å². The van der Waals surface area contributed by atoms with Crippen molar-refractivity contribution in [3.63, 3.8) is 0 Å². The molecule has 36 heavy (non-hydrogen) atoms. The van der Waals surface area contributed by atoms with Gasteiger partial charge in [-0.2, -0.15) is 5.21 Å². The second kappa shape index (κ2) is 11.1. The summed E-state index contributed by atoms with van der Waals surface area (Å²) < 4.78 is 3.95. The van der Waals surface area contributed by atoms with Crippen LogP contribution in [0.15, 0.2) is 59.5 Å². The molecule has 188 valence electrons.